The molecular weight excluding hydrogens is 306 g/mol. The van der Waals surface area contributed by atoms with Crippen LogP contribution in [-0.4, -0.2) is 47.1 Å². The average Bonchev–Trinajstić information content (AvgIpc) is 2.68. The van der Waals surface area contributed by atoms with Crippen molar-refractivity contribution < 1.29 is 14.3 Å². The summed E-state index contributed by atoms with van der Waals surface area (Å²) in [5.74, 6) is 1.62. The molecule has 2 aromatic rings. The van der Waals surface area contributed by atoms with E-state index in [9.17, 15) is 4.79 Å². The lowest BCUT2D eigenvalue weighted by Gasteiger charge is -2.32. The van der Waals surface area contributed by atoms with Gasteiger partial charge in [0.1, 0.15) is 13.2 Å². The Hall–Kier alpha value is -2.63. The number of hydrogen-bond donors (Lipinski definition) is 0. The molecule has 1 aromatic carbocycles. The lowest BCUT2D eigenvalue weighted by molar-refractivity contribution is 0.0704. The Kier molecular flexibility index (Phi) is 4.02. The summed E-state index contributed by atoms with van der Waals surface area (Å²) in [7, 11) is 0. The van der Waals surface area contributed by atoms with Gasteiger partial charge in [-0.05, 0) is 31.0 Å². The van der Waals surface area contributed by atoms with Crippen LogP contribution in [-0.2, 0) is 0 Å². The van der Waals surface area contributed by atoms with Crippen LogP contribution in [0.1, 0.15) is 34.8 Å². The highest BCUT2D eigenvalue weighted by atomic mass is 16.6. The number of fused-ring (bicyclic) bond motifs is 1. The smallest absolute Gasteiger partial charge is 0.254 e. The molecule has 4 rings (SSSR count). The number of piperidine rings is 1. The van der Waals surface area contributed by atoms with Gasteiger partial charge in [0, 0.05) is 43.2 Å². The van der Waals surface area contributed by atoms with Gasteiger partial charge in [-0.1, -0.05) is 0 Å². The zero-order valence-electron chi connectivity index (χ0n) is 13.4. The summed E-state index contributed by atoms with van der Waals surface area (Å²) >= 11 is 0. The first-order valence-corrected chi connectivity index (χ1v) is 8.26. The molecular formula is C18H19N3O3. The van der Waals surface area contributed by atoms with Gasteiger partial charge in [-0.25, -0.2) is 0 Å². The van der Waals surface area contributed by atoms with Crippen LogP contribution < -0.4 is 9.47 Å². The number of carbonyl (C=O) groups is 1. The summed E-state index contributed by atoms with van der Waals surface area (Å²) in [6.07, 6.45) is 7.17. The highest BCUT2D eigenvalue weighted by Gasteiger charge is 2.27. The first-order valence-electron chi connectivity index (χ1n) is 8.26. The Balaban J connectivity index is 1.51. The van der Waals surface area contributed by atoms with E-state index in [4.69, 9.17) is 9.47 Å². The van der Waals surface area contributed by atoms with Crippen molar-refractivity contribution in [1.29, 1.82) is 0 Å². The molecule has 3 heterocycles. The van der Waals surface area contributed by atoms with E-state index in [0.29, 0.717) is 36.8 Å². The molecule has 0 bridgehead atoms. The molecule has 124 valence electrons. The number of ether oxygens (including phenoxy) is 2. The Morgan fingerprint density at radius 3 is 2.88 bits per heavy atom. The van der Waals surface area contributed by atoms with Crippen LogP contribution in [0.4, 0.5) is 0 Å². The van der Waals surface area contributed by atoms with Crippen molar-refractivity contribution in [2.24, 2.45) is 0 Å². The molecule has 6 nitrogen and oxygen atoms in total. The van der Waals surface area contributed by atoms with Crippen molar-refractivity contribution in [2.75, 3.05) is 26.3 Å². The molecule has 2 aliphatic heterocycles. The maximum Gasteiger partial charge on any atom is 0.254 e. The summed E-state index contributed by atoms with van der Waals surface area (Å²) in [6, 6.07) is 5.40. The summed E-state index contributed by atoms with van der Waals surface area (Å²) in [5, 5.41) is 0. The molecule has 1 atom stereocenters. The number of benzene rings is 1. The van der Waals surface area contributed by atoms with Gasteiger partial charge in [0.15, 0.2) is 11.5 Å². The normalized spacial score (nSPS) is 19.8. The van der Waals surface area contributed by atoms with Crippen LogP contribution in [0.2, 0.25) is 0 Å². The molecule has 2 aliphatic rings. The van der Waals surface area contributed by atoms with Crippen molar-refractivity contribution in [1.82, 2.24) is 14.9 Å². The molecule has 1 amide bonds. The number of hydrogen-bond acceptors (Lipinski definition) is 5. The van der Waals surface area contributed by atoms with Gasteiger partial charge in [-0.15, -0.1) is 0 Å². The van der Waals surface area contributed by atoms with Crippen molar-refractivity contribution in [2.45, 2.75) is 18.8 Å². The second-order valence-electron chi connectivity index (χ2n) is 6.08. The maximum atomic E-state index is 12.9. The Morgan fingerprint density at radius 1 is 1.17 bits per heavy atom. The zero-order valence-corrected chi connectivity index (χ0v) is 13.4. The van der Waals surface area contributed by atoms with Gasteiger partial charge in [0.05, 0.1) is 5.69 Å². The average molecular weight is 325 g/mol. The second kappa shape index (κ2) is 6.47. The Labute approximate surface area is 140 Å². The summed E-state index contributed by atoms with van der Waals surface area (Å²) < 4.78 is 11.1. The third-order valence-electron chi connectivity index (χ3n) is 4.50. The van der Waals surface area contributed by atoms with Crippen molar-refractivity contribution in [3.8, 4) is 11.5 Å². The van der Waals surface area contributed by atoms with Gasteiger partial charge in [-0.3, -0.25) is 14.8 Å². The molecule has 1 saturated heterocycles. The third kappa shape index (κ3) is 2.91. The molecule has 1 aromatic heterocycles. The van der Waals surface area contributed by atoms with Gasteiger partial charge >= 0.3 is 0 Å². The van der Waals surface area contributed by atoms with Crippen LogP contribution in [0, 0.1) is 0 Å². The summed E-state index contributed by atoms with van der Waals surface area (Å²) in [5.41, 5.74) is 1.59. The molecule has 0 spiro atoms. The monoisotopic (exact) mass is 325 g/mol. The lowest BCUT2D eigenvalue weighted by Crippen LogP contribution is -2.39. The standard InChI is InChI=1S/C18H19N3O3/c22-18(13-3-4-16-17(10-13)24-9-8-23-16)21-7-1-2-14(12-21)15-11-19-5-6-20-15/h3-6,10-11,14H,1-2,7-9,12H2. The highest BCUT2D eigenvalue weighted by molar-refractivity contribution is 5.95. The van der Waals surface area contributed by atoms with Gasteiger partial charge in [-0.2, -0.15) is 0 Å². The summed E-state index contributed by atoms with van der Waals surface area (Å²) in [6.45, 7) is 2.51. The number of amides is 1. The minimum absolute atomic E-state index is 0.0283. The van der Waals surface area contributed by atoms with E-state index in [2.05, 4.69) is 9.97 Å². The highest BCUT2D eigenvalue weighted by Crippen LogP contribution is 2.32. The predicted molar refractivity (Wildman–Crippen MR) is 87.3 cm³/mol. The van der Waals surface area contributed by atoms with Gasteiger partial charge in [0.25, 0.3) is 5.91 Å². The van der Waals surface area contributed by atoms with E-state index < -0.39 is 0 Å². The molecule has 6 heteroatoms. The number of aromatic nitrogens is 2. The molecule has 0 radical (unpaired) electrons. The SMILES string of the molecule is O=C(c1ccc2c(c1)OCCO2)N1CCCC(c2cnccn2)C1. The molecule has 24 heavy (non-hydrogen) atoms. The maximum absolute atomic E-state index is 12.9. The van der Waals surface area contributed by atoms with E-state index in [1.807, 2.05) is 17.0 Å². The quantitative estimate of drug-likeness (QED) is 0.847. The van der Waals surface area contributed by atoms with Crippen LogP contribution in [0.5, 0.6) is 11.5 Å². The fraction of sp³-hybridized carbons (Fsp3) is 0.389. The van der Waals surface area contributed by atoms with Crippen LogP contribution >= 0.6 is 0 Å². The number of nitrogens with zero attached hydrogens (tertiary/aromatic N) is 3. The van der Waals surface area contributed by atoms with E-state index >= 15 is 0 Å². The van der Waals surface area contributed by atoms with Crippen molar-refractivity contribution in [3.05, 3.63) is 48.0 Å². The predicted octanol–water partition coefficient (Wildman–Crippen LogP) is 2.27. The molecule has 0 saturated carbocycles. The largest absolute Gasteiger partial charge is 0.486 e. The third-order valence-corrected chi connectivity index (χ3v) is 4.50. The fourth-order valence-corrected chi connectivity index (χ4v) is 3.28. The lowest BCUT2D eigenvalue weighted by atomic mass is 9.94. The minimum atomic E-state index is 0.0283. The van der Waals surface area contributed by atoms with E-state index in [0.717, 1.165) is 25.1 Å². The van der Waals surface area contributed by atoms with Crippen molar-refractivity contribution in [3.63, 3.8) is 0 Å². The van der Waals surface area contributed by atoms with E-state index in [1.54, 1.807) is 24.7 Å². The minimum Gasteiger partial charge on any atom is -0.486 e. The van der Waals surface area contributed by atoms with E-state index in [-0.39, 0.29) is 11.8 Å². The number of rotatable bonds is 2. The molecule has 1 unspecified atom stereocenters. The first kappa shape index (κ1) is 14.9. The number of carbonyl (C=O) groups excluding carboxylic acids is 1. The van der Waals surface area contributed by atoms with Crippen LogP contribution in [0.3, 0.4) is 0 Å². The zero-order chi connectivity index (χ0) is 16.4. The van der Waals surface area contributed by atoms with Crippen molar-refractivity contribution >= 4 is 5.91 Å². The second-order valence-corrected chi connectivity index (χ2v) is 6.08. The fourth-order valence-electron chi connectivity index (χ4n) is 3.28. The molecule has 0 aliphatic carbocycles. The summed E-state index contributed by atoms with van der Waals surface area (Å²) in [4.78, 5) is 23.3. The Bertz CT molecular complexity index is 736. The molecule has 0 N–H and O–H groups in total. The van der Waals surface area contributed by atoms with E-state index in [1.165, 1.54) is 0 Å². The van der Waals surface area contributed by atoms with Crippen LogP contribution in [0.15, 0.2) is 36.8 Å². The first-order chi connectivity index (χ1) is 11.8. The van der Waals surface area contributed by atoms with Gasteiger partial charge in [0.2, 0.25) is 0 Å². The van der Waals surface area contributed by atoms with Gasteiger partial charge < -0.3 is 14.4 Å². The topological polar surface area (TPSA) is 64.6 Å². The van der Waals surface area contributed by atoms with Crippen LogP contribution in [0.25, 0.3) is 0 Å². The molecule has 1 fully saturated rings. The number of likely N-dealkylation sites (tertiary alicyclic amines) is 1. The Morgan fingerprint density at radius 2 is 2.04 bits per heavy atom.